The van der Waals surface area contributed by atoms with Crippen LogP contribution in [0, 0.1) is 20.8 Å². The van der Waals surface area contributed by atoms with Gasteiger partial charge in [0.05, 0.1) is 36.3 Å². The van der Waals surface area contributed by atoms with Crippen molar-refractivity contribution in [2.45, 2.75) is 27.2 Å². The number of thiophene rings is 1. The Morgan fingerprint density at radius 3 is 2.64 bits per heavy atom. The zero-order valence-corrected chi connectivity index (χ0v) is 20.4. The molecule has 4 rings (SSSR count). The van der Waals surface area contributed by atoms with Gasteiger partial charge >= 0.3 is 0 Å². The number of carbonyl (C=O) groups is 2. The van der Waals surface area contributed by atoms with E-state index in [9.17, 15) is 9.59 Å². The molecule has 0 radical (unpaired) electrons. The molecule has 1 aliphatic rings. The van der Waals surface area contributed by atoms with E-state index in [1.165, 1.54) is 12.0 Å². The minimum absolute atomic E-state index is 0.115. The fraction of sp³-hybridized carbons (Fsp3) is 0.240. The van der Waals surface area contributed by atoms with Crippen molar-refractivity contribution in [1.29, 1.82) is 0 Å². The lowest BCUT2D eigenvalue weighted by molar-refractivity contribution is -0.120. The van der Waals surface area contributed by atoms with Gasteiger partial charge in [0, 0.05) is 16.0 Å². The van der Waals surface area contributed by atoms with Crippen LogP contribution in [0.1, 0.15) is 28.0 Å². The Labute approximate surface area is 201 Å². The second kappa shape index (κ2) is 9.37. The van der Waals surface area contributed by atoms with Crippen LogP contribution in [0.5, 0.6) is 5.75 Å². The first-order valence-electron chi connectivity index (χ1n) is 10.4. The lowest BCUT2D eigenvalue weighted by Crippen LogP contribution is -2.38. The van der Waals surface area contributed by atoms with E-state index in [4.69, 9.17) is 21.3 Å². The summed E-state index contributed by atoms with van der Waals surface area (Å²) in [4.78, 5) is 33.6. The second-order valence-electron chi connectivity index (χ2n) is 7.97. The summed E-state index contributed by atoms with van der Waals surface area (Å²) in [7, 11) is 1.51. The largest absolute Gasteiger partial charge is 0.495 e. The molecule has 0 saturated heterocycles. The summed E-state index contributed by atoms with van der Waals surface area (Å²) in [6, 6.07) is 11.2. The molecule has 1 aliphatic heterocycles. The number of methoxy groups -OCH3 is 1. The van der Waals surface area contributed by atoms with Gasteiger partial charge in [-0.3, -0.25) is 9.59 Å². The molecule has 0 bridgehead atoms. The topological polar surface area (TPSA) is 71.0 Å². The number of fused-ring (bicyclic) bond motifs is 1. The number of aryl methyl sites for hydroxylation is 3. The number of hydrogen-bond acceptors (Lipinski definition) is 5. The third-order valence-corrected chi connectivity index (χ3v) is 6.95. The second-order valence-corrected chi connectivity index (χ2v) is 9.32. The molecule has 0 unspecified atom stereocenters. The highest BCUT2D eigenvalue weighted by molar-refractivity contribution is 7.12. The minimum atomic E-state index is -0.341. The van der Waals surface area contributed by atoms with Gasteiger partial charge < -0.3 is 15.0 Å². The van der Waals surface area contributed by atoms with Gasteiger partial charge in [-0.05, 0) is 67.1 Å². The van der Waals surface area contributed by atoms with Crippen LogP contribution >= 0.6 is 22.9 Å². The molecule has 6 nitrogen and oxygen atoms in total. The highest BCUT2D eigenvalue weighted by Gasteiger charge is 2.28. The summed E-state index contributed by atoms with van der Waals surface area (Å²) >= 11 is 7.72. The number of nitrogens with one attached hydrogen (secondary N) is 1. The third kappa shape index (κ3) is 4.79. The normalized spacial score (nSPS) is 13.3. The summed E-state index contributed by atoms with van der Waals surface area (Å²) in [5.41, 5.74) is 5.42. The Bertz CT molecular complexity index is 1270. The number of hydrogen-bond donors (Lipinski definition) is 1. The van der Waals surface area contributed by atoms with E-state index in [-0.39, 0.29) is 24.8 Å². The number of nitrogens with zero attached hydrogens (tertiary/aromatic N) is 2. The molecule has 33 heavy (non-hydrogen) atoms. The molecule has 170 valence electrons. The fourth-order valence-electron chi connectivity index (χ4n) is 3.67. The number of aliphatic imine (C=N–C) groups is 1. The van der Waals surface area contributed by atoms with Crippen molar-refractivity contribution in [3.05, 3.63) is 68.4 Å². The highest BCUT2D eigenvalue weighted by Crippen LogP contribution is 2.36. The predicted molar refractivity (Wildman–Crippen MR) is 135 cm³/mol. The molecular formula is C25H24ClN3O3S. The molecule has 1 aromatic heterocycles. The molecular weight excluding hydrogens is 458 g/mol. The third-order valence-electron chi connectivity index (χ3n) is 5.62. The van der Waals surface area contributed by atoms with Crippen LogP contribution < -0.4 is 15.0 Å². The van der Waals surface area contributed by atoms with Crippen LogP contribution in [-0.2, 0) is 9.59 Å². The monoisotopic (exact) mass is 481 g/mol. The summed E-state index contributed by atoms with van der Waals surface area (Å²) in [6.45, 7) is 5.69. The standard InChI is InChI=1S/C25H24ClN3O3S/c1-14-8-18-21(10-15(14)2)29(25(31)12-20(27-18)23-6-5-7-33-23)13-24(30)28-19-9-16(3)17(26)11-22(19)32-4/h5-11H,12-13H2,1-4H3,(H,28,30). The molecule has 0 spiro atoms. The van der Waals surface area contributed by atoms with E-state index in [0.717, 1.165) is 21.6 Å². The lowest BCUT2D eigenvalue weighted by atomic mass is 10.1. The van der Waals surface area contributed by atoms with Crippen molar-refractivity contribution in [1.82, 2.24) is 0 Å². The van der Waals surface area contributed by atoms with E-state index in [2.05, 4.69) is 5.32 Å². The van der Waals surface area contributed by atoms with Crippen molar-refractivity contribution >= 4 is 57.5 Å². The maximum Gasteiger partial charge on any atom is 0.244 e. The summed E-state index contributed by atoms with van der Waals surface area (Å²) in [6.07, 6.45) is 0.115. The van der Waals surface area contributed by atoms with Crippen molar-refractivity contribution in [2.75, 3.05) is 23.9 Å². The van der Waals surface area contributed by atoms with Crippen LogP contribution in [0.2, 0.25) is 5.02 Å². The van der Waals surface area contributed by atoms with Gasteiger partial charge in [-0.15, -0.1) is 11.3 Å². The fourth-order valence-corrected chi connectivity index (χ4v) is 4.54. The smallest absolute Gasteiger partial charge is 0.244 e. The molecule has 0 atom stereocenters. The summed E-state index contributed by atoms with van der Waals surface area (Å²) < 4.78 is 5.36. The molecule has 2 heterocycles. The number of halogens is 1. The van der Waals surface area contributed by atoms with E-state index in [1.54, 1.807) is 23.5 Å². The van der Waals surface area contributed by atoms with Crippen LogP contribution in [0.15, 0.2) is 46.8 Å². The van der Waals surface area contributed by atoms with E-state index >= 15 is 0 Å². The van der Waals surface area contributed by atoms with Crippen molar-refractivity contribution in [3.63, 3.8) is 0 Å². The molecule has 0 fully saturated rings. The molecule has 0 saturated carbocycles. The first kappa shape index (κ1) is 23.0. The van der Waals surface area contributed by atoms with Crippen LogP contribution in [0.3, 0.4) is 0 Å². The quantitative estimate of drug-likeness (QED) is 0.498. The van der Waals surface area contributed by atoms with Crippen molar-refractivity contribution in [3.8, 4) is 5.75 Å². The lowest BCUT2D eigenvalue weighted by Gasteiger charge is -2.23. The molecule has 0 aliphatic carbocycles. The first-order valence-corrected chi connectivity index (χ1v) is 11.7. The van der Waals surface area contributed by atoms with E-state index < -0.39 is 0 Å². The minimum Gasteiger partial charge on any atom is -0.495 e. The maximum atomic E-state index is 13.3. The van der Waals surface area contributed by atoms with Crippen molar-refractivity contribution < 1.29 is 14.3 Å². The number of amides is 2. The van der Waals surface area contributed by atoms with E-state index in [1.807, 2.05) is 50.4 Å². The summed E-state index contributed by atoms with van der Waals surface area (Å²) in [5, 5.41) is 5.37. The van der Waals surface area contributed by atoms with E-state index in [0.29, 0.717) is 33.5 Å². The summed E-state index contributed by atoms with van der Waals surface area (Å²) in [5.74, 6) is -0.0676. The highest BCUT2D eigenvalue weighted by atomic mass is 35.5. The first-order chi connectivity index (χ1) is 15.8. The van der Waals surface area contributed by atoms with Gasteiger partial charge in [0.15, 0.2) is 0 Å². The van der Waals surface area contributed by atoms with Gasteiger partial charge in [-0.25, -0.2) is 4.99 Å². The molecule has 2 amide bonds. The maximum absolute atomic E-state index is 13.3. The number of rotatable bonds is 5. The van der Waals surface area contributed by atoms with Gasteiger partial charge in [-0.2, -0.15) is 0 Å². The van der Waals surface area contributed by atoms with Gasteiger partial charge in [0.1, 0.15) is 12.3 Å². The Hall–Kier alpha value is -3.16. The van der Waals surface area contributed by atoms with Crippen LogP contribution in [-0.4, -0.2) is 31.2 Å². The molecule has 3 aromatic rings. The zero-order chi connectivity index (χ0) is 23.7. The van der Waals surface area contributed by atoms with Crippen LogP contribution in [0.4, 0.5) is 17.1 Å². The Morgan fingerprint density at radius 2 is 1.94 bits per heavy atom. The number of anilines is 2. The number of benzene rings is 2. The van der Waals surface area contributed by atoms with Gasteiger partial charge in [0.2, 0.25) is 11.8 Å². The molecule has 2 aromatic carbocycles. The average Bonchev–Trinajstić information content (AvgIpc) is 3.27. The Balaban J connectivity index is 1.67. The average molecular weight is 482 g/mol. The zero-order valence-electron chi connectivity index (χ0n) is 18.9. The Morgan fingerprint density at radius 1 is 1.18 bits per heavy atom. The number of carbonyl (C=O) groups excluding carboxylic acids is 2. The predicted octanol–water partition coefficient (Wildman–Crippen LogP) is 5.83. The van der Waals surface area contributed by atoms with Crippen LogP contribution in [0.25, 0.3) is 0 Å². The Kier molecular flexibility index (Phi) is 6.54. The van der Waals surface area contributed by atoms with Crippen molar-refractivity contribution in [2.24, 2.45) is 4.99 Å². The molecule has 8 heteroatoms. The van der Waals surface area contributed by atoms with Gasteiger partial charge in [0.25, 0.3) is 0 Å². The SMILES string of the molecule is COc1cc(Cl)c(C)cc1NC(=O)CN1C(=O)CC(c2cccs2)=Nc2cc(C)c(C)cc21. The van der Waals surface area contributed by atoms with Gasteiger partial charge in [-0.1, -0.05) is 17.7 Å². The number of ether oxygens (including phenoxy) is 1. The molecule has 1 N–H and O–H groups in total.